The number of nitrogens with one attached hydrogen (secondary N) is 1. The molecule has 1 heterocycles. The van der Waals surface area contributed by atoms with Crippen molar-refractivity contribution in [2.24, 2.45) is 0 Å². The topological polar surface area (TPSA) is 73.9 Å². The summed E-state index contributed by atoms with van der Waals surface area (Å²) in [6.07, 6.45) is -1.53. The molecule has 1 aromatic carbocycles. The van der Waals surface area contributed by atoms with Crippen LogP contribution in [0.25, 0.3) is 0 Å². The van der Waals surface area contributed by atoms with Gasteiger partial charge in [-0.3, -0.25) is 4.79 Å². The van der Waals surface area contributed by atoms with Gasteiger partial charge in [-0.1, -0.05) is 0 Å². The number of amides is 1. The van der Waals surface area contributed by atoms with E-state index in [0.717, 1.165) is 5.56 Å². The fourth-order valence-corrected chi connectivity index (χ4v) is 2.83. The van der Waals surface area contributed by atoms with Crippen LogP contribution in [0.5, 0.6) is 5.75 Å². The summed E-state index contributed by atoms with van der Waals surface area (Å²) in [7, 11) is 1.58. The number of anilines is 1. The molecule has 1 N–H and O–H groups in total. The Hall–Kier alpha value is -2.54. The molecule has 0 aliphatic heterocycles. The lowest BCUT2D eigenvalue weighted by molar-refractivity contribution is -0.118. The number of thiophene rings is 1. The second-order valence-electron chi connectivity index (χ2n) is 6.61. The van der Waals surface area contributed by atoms with Gasteiger partial charge < -0.3 is 19.5 Å². The Labute approximate surface area is 157 Å². The molecule has 0 fully saturated rings. The van der Waals surface area contributed by atoms with Gasteiger partial charge in [0.05, 0.1) is 13.5 Å². The van der Waals surface area contributed by atoms with Crippen LogP contribution in [0.2, 0.25) is 0 Å². The van der Waals surface area contributed by atoms with Crippen molar-refractivity contribution in [2.45, 2.75) is 38.9 Å². The monoisotopic (exact) mass is 377 g/mol. The molecule has 0 radical (unpaired) electrons. The minimum atomic E-state index is -0.800. The van der Waals surface area contributed by atoms with Crippen molar-refractivity contribution in [3.05, 3.63) is 46.7 Å². The standard InChI is InChI=1S/C19H23NO5S/c1-19(2,3)25-18(22)24-16(13-9-10-26-12-13)11-17(21)20-14-5-7-15(23-4)8-6-14/h5-10,12,16H,11H2,1-4H3,(H,20,21). The second kappa shape index (κ2) is 8.71. The molecule has 6 nitrogen and oxygen atoms in total. The van der Waals surface area contributed by atoms with Crippen LogP contribution in [0, 0.1) is 0 Å². The third kappa shape index (κ3) is 6.40. The third-order valence-electron chi connectivity index (χ3n) is 3.29. The highest BCUT2D eigenvalue weighted by atomic mass is 32.1. The van der Waals surface area contributed by atoms with Gasteiger partial charge in [0.25, 0.3) is 0 Å². The highest BCUT2D eigenvalue weighted by molar-refractivity contribution is 7.07. The summed E-state index contributed by atoms with van der Waals surface area (Å²) in [5.41, 5.74) is 0.727. The number of hydrogen-bond donors (Lipinski definition) is 1. The van der Waals surface area contributed by atoms with Gasteiger partial charge in [0, 0.05) is 11.3 Å². The van der Waals surface area contributed by atoms with Gasteiger partial charge in [0.1, 0.15) is 17.5 Å². The molecule has 1 amide bonds. The Bertz CT molecular complexity index is 719. The van der Waals surface area contributed by atoms with Crippen molar-refractivity contribution in [3.8, 4) is 5.75 Å². The molecule has 1 atom stereocenters. The van der Waals surface area contributed by atoms with Crippen LogP contribution < -0.4 is 10.1 Å². The molecule has 1 aromatic heterocycles. The first-order chi connectivity index (χ1) is 12.3. The van der Waals surface area contributed by atoms with Crippen LogP contribution in [0.15, 0.2) is 41.1 Å². The van der Waals surface area contributed by atoms with Crippen molar-refractivity contribution in [1.82, 2.24) is 0 Å². The normalized spacial score (nSPS) is 12.2. The van der Waals surface area contributed by atoms with E-state index < -0.39 is 17.9 Å². The van der Waals surface area contributed by atoms with Gasteiger partial charge in [0.2, 0.25) is 5.91 Å². The molecular weight excluding hydrogens is 354 g/mol. The maximum atomic E-state index is 12.4. The van der Waals surface area contributed by atoms with Crippen LogP contribution >= 0.6 is 11.3 Å². The molecule has 1 unspecified atom stereocenters. The first-order valence-corrected chi connectivity index (χ1v) is 9.07. The second-order valence-corrected chi connectivity index (χ2v) is 7.39. The summed E-state index contributed by atoms with van der Waals surface area (Å²) in [4.78, 5) is 24.4. The van der Waals surface area contributed by atoms with E-state index in [-0.39, 0.29) is 12.3 Å². The minimum Gasteiger partial charge on any atom is -0.497 e. The summed E-state index contributed by atoms with van der Waals surface area (Å²) < 4.78 is 15.7. The maximum absolute atomic E-state index is 12.4. The zero-order chi connectivity index (χ0) is 19.2. The van der Waals surface area contributed by atoms with Gasteiger partial charge >= 0.3 is 6.16 Å². The summed E-state index contributed by atoms with van der Waals surface area (Å²) in [5, 5.41) is 6.49. The van der Waals surface area contributed by atoms with Crippen LogP contribution in [0.4, 0.5) is 10.5 Å². The fraction of sp³-hybridized carbons (Fsp3) is 0.368. The van der Waals surface area contributed by atoms with Crippen molar-refractivity contribution in [2.75, 3.05) is 12.4 Å². The van der Waals surface area contributed by atoms with Crippen molar-refractivity contribution in [1.29, 1.82) is 0 Å². The number of methoxy groups -OCH3 is 1. The van der Waals surface area contributed by atoms with E-state index in [4.69, 9.17) is 14.2 Å². The first-order valence-electron chi connectivity index (χ1n) is 8.12. The van der Waals surface area contributed by atoms with E-state index in [2.05, 4.69) is 5.32 Å². The SMILES string of the molecule is COc1ccc(NC(=O)CC(OC(=O)OC(C)(C)C)c2ccsc2)cc1. The summed E-state index contributed by atoms with van der Waals surface area (Å²) >= 11 is 1.47. The molecule has 0 aliphatic rings. The fourth-order valence-electron chi connectivity index (χ4n) is 2.13. The molecule has 0 saturated heterocycles. The van der Waals surface area contributed by atoms with Crippen molar-refractivity contribution in [3.63, 3.8) is 0 Å². The molecule has 0 aliphatic carbocycles. The minimum absolute atomic E-state index is 0.0119. The molecule has 2 aromatic rings. The third-order valence-corrected chi connectivity index (χ3v) is 3.99. The number of carbonyl (C=O) groups is 2. The first kappa shape index (κ1) is 19.8. The lowest BCUT2D eigenvalue weighted by Gasteiger charge is -2.22. The Balaban J connectivity index is 2.01. The average Bonchev–Trinajstić information content (AvgIpc) is 3.07. The van der Waals surface area contributed by atoms with Crippen molar-refractivity contribution < 1.29 is 23.8 Å². The lowest BCUT2D eigenvalue weighted by Crippen LogP contribution is -2.26. The Morgan fingerprint density at radius 3 is 2.38 bits per heavy atom. The molecule has 0 saturated carbocycles. The zero-order valence-corrected chi connectivity index (χ0v) is 16.1. The van der Waals surface area contributed by atoms with Crippen LogP contribution in [0.3, 0.4) is 0 Å². The van der Waals surface area contributed by atoms with Crippen LogP contribution in [-0.2, 0) is 14.3 Å². The number of hydrogen-bond acceptors (Lipinski definition) is 6. The lowest BCUT2D eigenvalue weighted by atomic mass is 10.1. The van der Waals surface area contributed by atoms with E-state index >= 15 is 0 Å². The Morgan fingerprint density at radius 2 is 1.85 bits per heavy atom. The summed E-state index contributed by atoms with van der Waals surface area (Å²) in [6.45, 7) is 5.26. The Morgan fingerprint density at radius 1 is 1.15 bits per heavy atom. The number of carbonyl (C=O) groups excluding carboxylic acids is 2. The summed E-state index contributed by atoms with van der Waals surface area (Å²) in [5.74, 6) is 0.433. The van der Waals surface area contributed by atoms with Gasteiger partial charge in [-0.2, -0.15) is 11.3 Å². The molecule has 2 rings (SSSR count). The van der Waals surface area contributed by atoms with E-state index in [1.807, 2.05) is 16.8 Å². The molecular formula is C19H23NO5S. The number of ether oxygens (including phenoxy) is 3. The predicted molar refractivity (Wildman–Crippen MR) is 101 cm³/mol. The smallest absolute Gasteiger partial charge is 0.497 e. The number of benzene rings is 1. The van der Waals surface area contributed by atoms with E-state index in [0.29, 0.717) is 11.4 Å². The highest BCUT2D eigenvalue weighted by Crippen LogP contribution is 2.26. The summed E-state index contributed by atoms with van der Waals surface area (Å²) in [6, 6.07) is 8.81. The largest absolute Gasteiger partial charge is 0.509 e. The quantitative estimate of drug-likeness (QED) is 0.734. The molecule has 140 valence electrons. The van der Waals surface area contributed by atoms with E-state index in [1.165, 1.54) is 11.3 Å². The van der Waals surface area contributed by atoms with Crippen molar-refractivity contribution >= 4 is 29.1 Å². The predicted octanol–water partition coefficient (Wildman–Crippen LogP) is 4.78. The highest BCUT2D eigenvalue weighted by Gasteiger charge is 2.25. The van der Waals surface area contributed by atoms with Gasteiger partial charge in [-0.25, -0.2) is 4.79 Å². The maximum Gasteiger partial charge on any atom is 0.509 e. The van der Waals surface area contributed by atoms with Crippen LogP contribution in [-0.4, -0.2) is 24.8 Å². The zero-order valence-electron chi connectivity index (χ0n) is 15.3. The van der Waals surface area contributed by atoms with Gasteiger partial charge in [0.15, 0.2) is 0 Å². The molecule has 0 spiro atoms. The van der Waals surface area contributed by atoms with E-state index in [1.54, 1.807) is 52.1 Å². The molecule has 0 bridgehead atoms. The van der Waals surface area contributed by atoms with Gasteiger partial charge in [-0.15, -0.1) is 0 Å². The molecule has 7 heteroatoms. The Kier molecular flexibility index (Phi) is 6.63. The number of rotatable bonds is 6. The van der Waals surface area contributed by atoms with Gasteiger partial charge in [-0.05, 0) is 61.9 Å². The van der Waals surface area contributed by atoms with E-state index in [9.17, 15) is 9.59 Å². The molecule has 26 heavy (non-hydrogen) atoms. The average molecular weight is 377 g/mol. The van der Waals surface area contributed by atoms with Crippen LogP contribution in [0.1, 0.15) is 38.9 Å².